The van der Waals surface area contributed by atoms with E-state index >= 15 is 0 Å². The molecule has 0 amide bonds. The second-order valence-corrected chi connectivity index (χ2v) is 5.94. The number of ketones is 1. The van der Waals surface area contributed by atoms with Crippen molar-refractivity contribution in [3.05, 3.63) is 11.1 Å². The predicted molar refractivity (Wildman–Crippen MR) is 82.0 cm³/mol. The molecule has 0 aromatic rings. The molecule has 0 bridgehead atoms. The maximum atomic E-state index is 14.0. The number of hydrogen-bond acceptors (Lipinski definition) is 6. The first kappa shape index (κ1) is 20.9. The molecule has 0 aromatic heterocycles. The van der Waals surface area contributed by atoms with E-state index in [0.717, 1.165) is 21.1 Å². The van der Waals surface area contributed by atoms with Crippen LogP contribution in [0.25, 0.3) is 0 Å². The Kier molecular flexibility index (Phi) is 6.14. The fourth-order valence-corrected chi connectivity index (χ4v) is 2.64. The minimum atomic E-state index is -5.01. The number of alkyl halides is 3. The third-order valence-electron chi connectivity index (χ3n) is 3.86. The van der Waals surface area contributed by atoms with Gasteiger partial charge in [-0.2, -0.15) is 13.2 Å². The molecule has 6 nitrogen and oxygen atoms in total. The van der Waals surface area contributed by atoms with Crippen LogP contribution in [0.4, 0.5) is 13.2 Å². The molecule has 0 spiro atoms. The highest BCUT2D eigenvalue weighted by Crippen LogP contribution is 2.49. The number of esters is 2. The average Bonchev–Trinajstić information content (AvgIpc) is 2.87. The molecule has 1 atom stereocenters. The van der Waals surface area contributed by atoms with Crippen LogP contribution >= 0.6 is 0 Å². The second kappa shape index (κ2) is 7.37. The fourth-order valence-electron chi connectivity index (χ4n) is 2.64. The van der Waals surface area contributed by atoms with Crippen molar-refractivity contribution < 1.29 is 37.0 Å². The summed E-state index contributed by atoms with van der Waals surface area (Å²) >= 11 is 0. The average molecular weight is 363 g/mol. The molecule has 1 heterocycles. The monoisotopic (exact) mass is 363 g/mol. The summed E-state index contributed by atoms with van der Waals surface area (Å²) in [6, 6.07) is 0. The standard InChI is InChI=1S/C16H20F3NO5/c1-8(2)12-10(13(22)24-4)11(14(23)25-5)15(20-12,16(17,18)19)7-6-9(3)21/h8H,6-7H2,1-5H3. The van der Waals surface area contributed by atoms with Crippen LogP contribution in [0.5, 0.6) is 0 Å². The van der Waals surface area contributed by atoms with E-state index in [1.54, 1.807) is 0 Å². The van der Waals surface area contributed by atoms with Gasteiger partial charge in [-0.25, -0.2) is 9.59 Å². The molecule has 25 heavy (non-hydrogen) atoms. The first-order chi connectivity index (χ1) is 11.4. The molecule has 1 unspecified atom stereocenters. The Bertz CT molecular complexity index is 649. The Morgan fingerprint density at radius 3 is 2.00 bits per heavy atom. The van der Waals surface area contributed by atoms with Gasteiger partial charge < -0.3 is 14.3 Å². The van der Waals surface area contributed by atoms with Crippen LogP contribution in [0.15, 0.2) is 16.1 Å². The van der Waals surface area contributed by atoms with Crippen LogP contribution in [-0.4, -0.2) is 49.4 Å². The second-order valence-electron chi connectivity index (χ2n) is 5.94. The van der Waals surface area contributed by atoms with Gasteiger partial charge in [0.2, 0.25) is 0 Å². The highest BCUT2D eigenvalue weighted by atomic mass is 19.4. The number of methoxy groups -OCH3 is 2. The Morgan fingerprint density at radius 1 is 1.12 bits per heavy atom. The lowest BCUT2D eigenvalue weighted by molar-refractivity contribution is -0.180. The maximum Gasteiger partial charge on any atom is 0.418 e. The Hall–Kier alpha value is -2.19. The molecule has 0 aromatic carbocycles. The minimum Gasteiger partial charge on any atom is -0.466 e. The summed E-state index contributed by atoms with van der Waals surface area (Å²) in [6.07, 6.45) is -6.28. The number of aliphatic imine (C=N–C) groups is 1. The van der Waals surface area contributed by atoms with Crippen molar-refractivity contribution in [2.45, 2.75) is 45.3 Å². The molecule has 0 N–H and O–H groups in total. The van der Waals surface area contributed by atoms with Gasteiger partial charge in [-0.3, -0.25) is 4.99 Å². The van der Waals surface area contributed by atoms with Crippen molar-refractivity contribution in [3.8, 4) is 0 Å². The number of carbonyl (C=O) groups excluding carboxylic acids is 3. The van der Waals surface area contributed by atoms with Crippen molar-refractivity contribution >= 4 is 23.4 Å². The van der Waals surface area contributed by atoms with Gasteiger partial charge in [0.25, 0.3) is 0 Å². The summed E-state index contributed by atoms with van der Waals surface area (Å²) < 4.78 is 51.0. The Labute approximate surface area is 143 Å². The van der Waals surface area contributed by atoms with E-state index < -0.39 is 59.3 Å². The molecule has 1 rings (SSSR count). The number of rotatable bonds is 6. The topological polar surface area (TPSA) is 82.0 Å². The highest BCUT2D eigenvalue weighted by Gasteiger charge is 2.64. The summed E-state index contributed by atoms with van der Waals surface area (Å²) in [7, 11) is 1.90. The van der Waals surface area contributed by atoms with Gasteiger partial charge in [0.15, 0.2) is 5.54 Å². The van der Waals surface area contributed by atoms with Gasteiger partial charge in [0.05, 0.1) is 31.1 Å². The zero-order chi connectivity index (χ0) is 19.6. The van der Waals surface area contributed by atoms with Crippen molar-refractivity contribution in [2.75, 3.05) is 14.2 Å². The first-order valence-corrected chi connectivity index (χ1v) is 7.50. The maximum absolute atomic E-state index is 14.0. The van der Waals surface area contributed by atoms with E-state index in [1.165, 1.54) is 13.8 Å². The number of hydrogen-bond donors (Lipinski definition) is 0. The molecular formula is C16H20F3NO5. The van der Waals surface area contributed by atoms with E-state index in [0.29, 0.717) is 0 Å². The smallest absolute Gasteiger partial charge is 0.418 e. The molecule has 0 radical (unpaired) electrons. The zero-order valence-corrected chi connectivity index (χ0v) is 14.6. The van der Waals surface area contributed by atoms with E-state index in [4.69, 9.17) is 0 Å². The summed E-state index contributed by atoms with van der Waals surface area (Å²) in [5.41, 5.74) is -4.70. The molecule has 0 saturated heterocycles. The fraction of sp³-hybridized carbons (Fsp3) is 0.625. The van der Waals surface area contributed by atoms with Gasteiger partial charge >= 0.3 is 18.1 Å². The Balaban J connectivity index is 3.82. The van der Waals surface area contributed by atoms with E-state index in [9.17, 15) is 27.6 Å². The lowest BCUT2D eigenvalue weighted by Gasteiger charge is -2.30. The molecule has 1 aliphatic rings. The van der Waals surface area contributed by atoms with Gasteiger partial charge in [-0.15, -0.1) is 0 Å². The van der Waals surface area contributed by atoms with Crippen LogP contribution in [-0.2, 0) is 23.9 Å². The summed E-state index contributed by atoms with van der Waals surface area (Å²) in [5, 5.41) is 0. The van der Waals surface area contributed by atoms with Gasteiger partial charge in [-0.1, -0.05) is 13.8 Å². The Morgan fingerprint density at radius 2 is 1.64 bits per heavy atom. The largest absolute Gasteiger partial charge is 0.466 e. The molecule has 0 aliphatic carbocycles. The normalized spacial score (nSPS) is 20.6. The zero-order valence-electron chi connectivity index (χ0n) is 14.6. The molecule has 9 heteroatoms. The van der Waals surface area contributed by atoms with Crippen LogP contribution in [0, 0.1) is 5.92 Å². The third-order valence-corrected chi connectivity index (χ3v) is 3.86. The number of carbonyl (C=O) groups is 3. The van der Waals surface area contributed by atoms with E-state index in [2.05, 4.69) is 14.5 Å². The molecule has 140 valence electrons. The molecule has 1 aliphatic heterocycles. The van der Waals surface area contributed by atoms with Gasteiger partial charge in [-0.05, 0) is 19.3 Å². The molecule has 0 fully saturated rings. The van der Waals surface area contributed by atoms with Crippen molar-refractivity contribution in [2.24, 2.45) is 10.9 Å². The minimum absolute atomic E-state index is 0.201. The first-order valence-electron chi connectivity index (χ1n) is 7.50. The summed E-state index contributed by atoms with van der Waals surface area (Å²) in [5.74, 6) is -3.53. The predicted octanol–water partition coefficient (Wildman–Crippen LogP) is 2.41. The molecular weight excluding hydrogens is 343 g/mol. The van der Waals surface area contributed by atoms with Gasteiger partial charge in [0, 0.05) is 6.42 Å². The van der Waals surface area contributed by atoms with Crippen molar-refractivity contribution in [3.63, 3.8) is 0 Å². The van der Waals surface area contributed by atoms with Crippen LogP contribution < -0.4 is 0 Å². The third kappa shape index (κ3) is 3.74. The van der Waals surface area contributed by atoms with E-state index in [1.807, 2.05) is 0 Å². The van der Waals surface area contributed by atoms with E-state index in [-0.39, 0.29) is 5.71 Å². The van der Waals surface area contributed by atoms with Crippen LogP contribution in [0.1, 0.15) is 33.6 Å². The number of halogens is 3. The lowest BCUT2D eigenvalue weighted by Crippen LogP contribution is -2.47. The summed E-state index contributed by atoms with van der Waals surface area (Å²) in [4.78, 5) is 39.3. The lowest BCUT2D eigenvalue weighted by atomic mass is 9.83. The van der Waals surface area contributed by atoms with Crippen molar-refractivity contribution in [1.29, 1.82) is 0 Å². The number of ether oxygens (including phenoxy) is 2. The number of nitrogens with zero attached hydrogens (tertiary/aromatic N) is 1. The molecule has 0 saturated carbocycles. The SMILES string of the molecule is COC(=O)C1=C(C(=O)OC)C(CCC(C)=O)(C(F)(F)F)N=C1C(C)C. The summed E-state index contributed by atoms with van der Waals surface area (Å²) in [6.45, 7) is 4.21. The highest BCUT2D eigenvalue weighted by molar-refractivity contribution is 6.27. The van der Waals surface area contributed by atoms with Gasteiger partial charge in [0.1, 0.15) is 5.78 Å². The number of Topliss-reactive ketones (excluding diaryl/α,β-unsaturated/α-hetero) is 1. The van der Waals surface area contributed by atoms with Crippen LogP contribution in [0.3, 0.4) is 0 Å². The van der Waals surface area contributed by atoms with Crippen molar-refractivity contribution in [1.82, 2.24) is 0 Å². The quantitative estimate of drug-likeness (QED) is 0.677. The van der Waals surface area contributed by atoms with Crippen LogP contribution in [0.2, 0.25) is 0 Å².